The van der Waals surface area contributed by atoms with Crippen LogP contribution in [0.4, 0.5) is 5.69 Å². The number of carbonyl (C=O) groups is 1. The molecule has 1 rings (SSSR count). The number of nitrogens with zero attached hydrogens (tertiary/aromatic N) is 2. The molecule has 0 aliphatic rings. The standard InChI is InChI=1S/C14H14N4O/c1-2-6-17-14(19)12-4-3-5-13(7-12)18-10-11(8-15)9-16/h3-5,7,10,18H,2,6H2,1H3,(H,17,19). The first-order valence-corrected chi connectivity index (χ1v) is 5.86. The number of nitriles is 2. The van der Waals surface area contributed by atoms with E-state index < -0.39 is 0 Å². The van der Waals surface area contributed by atoms with Crippen molar-refractivity contribution < 1.29 is 4.79 Å². The van der Waals surface area contributed by atoms with Gasteiger partial charge >= 0.3 is 0 Å². The summed E-state index contributed by atoms with van der Waals surface area (Å²) in [5.74, 6) is -0.143. The summed E-state index contributed by atoms with van der Waals surface area (Å²) in [5.41, 5.74) is 1.15. The number of nitrogens with one attached hydrogen (secondary N) is 2. The van der Waals surface area contributed by atoms with Gasteiger partial charge in [0.05, 0.1) is 0 Å². The predicted molar refractivity (Wildman–Crippen MR) is 72.0 cm³/mol. The van der Waals surface area contributed by atoms with Crippen molar-refractivity contribution in [3.63, 3.8) is 0 Å². The molecule has 2 N–H and O–H groups in total. The molecule has 0 heterocycles. The van der Waals surface area contributed by atoms with Crippen molar-refractivity contribution in [3.05, 3.63) is 41.6 Å². The lowest BCUT2D eigenvalue weighted by Gasteiger charge is -2.06. The van der Waals surface area contributed by atoms with Gasteiger partial charge in [-0.1, -0.05) is 13.0 Å². The summed E-state index contributed by atoms with van der Waals surface area (Å²) >= 11 is 0. The van der Waals surface area contributed by atoms with Gasteiger partial charge in [-0.15, -0.1) is 0 Å². The fraction of sp³-hybridized carbons (Fsp3) is 0.214. The smallest absolute Gasteiger partial charge is 0.251 e. The Balaban J connectivity index is 2.78. The van der Waals surface area contributed by atoms with E-state index in [1.165, 1.54) is 6.20 Å². The van der Waals surface area contributed by atoms with Crippen molar-refractivity contribution >= 4 is 11.6 Å². The van der Waals surface area contributed by atoms with E-state index in [1.807, 2.05) is 6.92 Å². The molecule has 1 amide bonds. The molecule has 19 heavy (non-hydrogen) atoms. The van der Waals surface area contributed by atoms with Crippen molar-refractivity contribution in [2.45, 2.75) is 13.3 Å². The molecule has 5 nitrogen and oxygen atoms in total. The Morgan fingerprint density at radius 2 is 2.11 bits per heavy atom. The van der Waals surface area contributed by atoms with E-state index in [2.05, 4.69) is 10.6 Å². The van der Waals surface area contributed by atoms with E-state index in [9.17, 15) is 4.79 Å². The van der Waals surface area contributed by atoms with E-state index in [0.29, 0.717) is 17.8 Å². The third-order valence-corrected chi connectivity index (χ3v) is 2.28. The van der Waals surface area contributed by atoms with Crippen LogP contribution in [-0.4, -0.2) is 12.5 Å². The van der Waals surface area contributed by atoms with E-state index >= 15 is 0 Å². The van der Waals surface area contributed by atoms with Crippen molar-refractivity contribution in [1.29, 1.82) is 10.5 Å². The second kappa shape index (κ2) is 7.52. The molecule has 96 valence electrons. The Morgan fingerprint density at radius 1 is 1.37 bits per heavy atom. The highest BCUT2D eigenvalue weighted by Crippen LogP contribution is 2.11. The van der Waals surface area contributed by atoms with E-state index in [4.69, 9.17) is 10.5 Å². The quantitative estimate of drug-likeness (QED) is 0.788. The summed E-state index contributed by atoms with van der Waals surface area (Å²) < 4.78 is 0. The number of amides is 1. The van der Waals surface area contributed by atoms with Gasteiger partial charge in [0.15, 0.2) is 0 Å². The van der Waals surface area contributed by atoms with Crippen LogP contribution in [0, 0.1) is 22.7 Å². The molecule has 0 aliphatic heterocycles. The zero-order valence-electron chi connectivity index (χ0n) is 10.6. The Bertz CT molecular complexity index is 548. The van der Waals surface area contributed by atoms with Gasteiger partial charge in [0.2, 0.25) is 0 Å². The minimum Gasteiger partial charge on any atom is -0.360 e. The largest absolute Gasteiger partial charge is 0.360 e. The normalized spacial score (nSPS) is 8.79. The minimum absolute atomic E-state index is 0.0270. The van der Waals surface area contributed by atoms with Crippen LogP contribution in [0.2, 0.25) is 0 Å². The van der Waals surface area contributed by atoms with Gasteiger partial charge in [0.1, 0.15) is 17.7 Å². The van der Waals surface area contributed by atoms with Crippen LogP contribution >= 0.6 is 0 Å². The lowest BCUT2D eigenvalue weighted by molar-refractivity contribution is 0.0953. The number of allylic oxidation sites excluding steroid dienone is 1. The van der Waals surface area contributed by atoms with Crippen molar-refractivity contribution in [2.24, 2.45) is 0 Å². The van der Waals surface area contributed by atoms with E-state index in [1.54, 1.807) is 36.4 Å². The summed E-state index contributed by atoms with van der Waals surface area (Å²) in [4.78, 5) is 11.7. The van der Waals surface area contributed by atoms with Crippen molar-refractivity contribution in [2.75, 3.05) is 11.9 Å². The SMILES string of the molecule is CCCNC(=O)c1cccc(NC=C(C#N)C#N)c1. The van der Waals surface area contributed by atoms with Crippen LogP contribution < -0.4 is 10.6 Å². The molecule has 0 unspecified atom stereocenters. The van der Waals surface area contributed by atoms with Gasteiger partial charge in [-0.25, -0.2) is 0 Å². The predicted octanol–water partition coefficient (Wildman–Crippen LogP) is 2.17. The summed E-state index contributed by atoms with van der Waals surface area (Å²) in [5, 5.41) is 22.8. The number of hydrogen-bond donors (Lipinski definition) is 2. The van der Waals surface area contributed by atoms with Gasteiger partial charge in [0, 0.05) is 24.0 Å². The maximum Gasteiger partial charge on any atom is 0.251 e. The molecular weight excluding hydrogens is 240 g/mol. The number of hydrogen-bond acceptors (Lipinski definition) is 4. The number of benzene rings is 1. The highest BCUT2D eigenvalue weighted by atomic mass is 16.1. The molecule has 0 bridgehead atoms. The van der Waals surface area contributed by atoms with E-state index in [-0.39, 0.29) is 11.5 Å². The third-order valence-electron chi connectivity index (χ3n) is 2.28. The number of anilines is 1. The van der Waals surface area contributed by atoms with Crippen LogP contribution in [0.3, 0.4) is 0 Å². The average molecular weight is 254 g/mol. The van der Waals surface area contributed by atoms with Crippen molar-refractivity contribution in [1.82, 2.24) is 5.32 Å². The highest BCUT2D eigenvalue weighted by molar-refractivity contribution is 5.95. The summed E-state index contributed by atoms with van der Waals surface area (Å²) in [7, 11) is 0. The minimum atomic E-state index is -0.143. The van der Waals surface area contributed by atoms with Crippen LogP contribution in [0.5, 0.6) is 0 Å². The maximum atomic E-state index is 11.7. The number of carbonyl (C=O) groups excluding carboxylic acids is 1. The Morgan fingerprint density at radius 3 is 2.74 bits per heavy atom. The molecule has 0 saturated heterocycles. The molecule has 5 heteroatoms. The molecule has 1 aromatic carbocycles. The Hall–Kier alpha value is -2.79. The molecule has 0 aromatic heterocycles. The summed E-state index contributed by atoms with van der Waals surface area (Å²) in [6, 6.07) is 10.3. The van der Waals surface area contributed by atoms with Gasteiger partial charge in [-0.05, 0) is 24.6 Å². The monoisotopic (exact) mass is 254 g/mol. The molecule has 0 radical (unpaired) electrons. The van der Waals surface area contributed by atoms with Crippen LogP contribution in [-0.2, 0) is 0 Å². The first-order chi connectivity index (χ1) is 9.21. The summed E-state index contributed by atoms with van der Waals surface area (Å²) in [6.07, 6.45) is 2.18. The van der Waals surface area contributed by atoms with Crippen LogP contribution in [0.15, 0.2) is 36.0 Å². The average Bonchev–Trinajstić information content (AvgIpc) is 2.46. The molecular formula is C14H14N4O. The molecule has 1 aromatic rings. The first kappa shape index (κ1) is 14.3. The van der Waals surface area contributed by atoms with Crippen LogP contribution in [0.25, 0.3) is 0 Å². The highest BCUT2D eigenvalue weighted by Gasteiger charge is 2.04. The van der Waals surface area contributed by atoms with Crippen molar-refractivity contribution in [3.8, 4) is 12.1 Å². The van der Waals surface area contributed by atoms with Gasteiger partial charge < -0.3 is 10.6 Å². The molecule has 0 saturated carbocycles. The number of rotatable bonds is 5. The van der Waals surface area contributed by atoms with Gasteiger partial charge in [-0.2, -0.15) is 10.5 Å². The lowest BCUT2D eigenvalue weighted by Crippen LogP contribution is -2.23. The fourth-order valence-electron chi connectivity index (χ4n) is 1.34. The zero-order valence-corrected chi connectivity index (χ0v) is 10.6. The Kier molecular flexibility index (Phi) is 5.65. The molecule has 0 spiro atoms. The van der Waals surface area contributed by atoms with Gasteiger partial charge in [-0.3, -0.25) is 4.79 Å². The van der Waals surface area contributed by atoms with E-state index in [0.717, 1.165) is 6.42 Å². The fourth-order valence-corrected chi connectivity index (χ4v) is 1.34. The zero-order chi connectivity index (χ0) is 14.1. The molecule has 0 fully saturated rings. The lowest BCUT2D eigenvalue weighted by atomic mass is 10.2. The second-order valence-corrected chi connectivity index (χ2v) is 3.76. The maximum absolute atomic E-state index is 11.7. The molecule has 0 atom stereocenters. The topological polar surface area (TPSA) is 88.7 Å². The second-order valence-electron chi connectivity index (χ2n) is 3.76. The third kappa shape index (κ3) is 4.53. The molecule has 0 aliphatic carbocycles. The van der Waals surface area contributed by atoms with Gasteiger partial charge in [0.25, 0.3) is 5.91 Å². The first-order valence-electron chi connectivity index (χ1n) is 5.86. The summed E-state index contributed by atoms with van der Waals surface area (Å²) in [6.45, 7) is 2.61. The Labute approximate surface area is 112 Å². The van der Waals surface area contributed by atoms with Crippen LogP contribution in [0.1, 0.15) is 23.7 Å².